The Morgan fingerprint density at radius 2 is 1.92 bits per heavy atom. The molecule has 1 aliphatic carbocycles. The van der Waals surface area contributed by atoms with Crippen molar-refractivity contribution in [2.45, 2.75) is 31.2 Å². The van der Waals surface area contributed by atoms with Gasteiger partial charge < -0.3 is 24.5 Å². The number of hydrogen-bond donors (Lipinski definition) is 1. The van der Waals surface area contributed by atoms with Crippen LogP contribution in [0.25, 0.3) is 12.2 Å². The highest BCUT2D eigenvalue weighted by atomic mass is 35.5. The van der Waals surface area contributed by atoms with Crippen LogP contribution in [0.15, 0.2) is 16.7 Å². The maximum absolute atomic E-state index is 6.36. The van der Waals surface area contributed by atoms with Gasteiger partial charge >= 0.3 is 0 Å². The third kappa shape index (κ3) is 3.50. The molecule has 1 aliphatic heterocycles. The Balaban J connectivity index is 0.00000196. The fraction of sp³-hybridized carbons (Fsp3) is 0.444. The van der Waals surface area contributed by atoms with Crippen LogP contribution in [0.3, 0.4) is 0 Å². The third-order valence-electron chi connectivity index (χ3n) is 4.65. The van der Waals surface area contributed by atoms with Gasteiger partial charge in [-0.15, -0.1) is 12.4 Å². The Kier molecular flexibility index (Phi) is 5.38. The van der Waals surface area contributed by atoms with Crippen LogP contribution < -0.4 is 19.9 Å². The van der Waals surface area contributed by atoms with Gasteiger partial charge in [-0.05, 0) is 36.6 Å². The molecule has 0 spiro atoms. The van der Waals surface area contributed by atoms with E-state index >= 15 is 0 Å². The van der Waals surface area contributed by atoms with Crippen molar-refractivity contribution in [3.63, 3.8) is 0 Å². The molecule has 26 heavy (non-hydrogen) atoms. The van der Waals surface area contributed by atoms with Crippen molar-refractivity contribution in [1.82, 2.24) is 10.1 Å². The van der Waals surface area contributed by atoms with Gasteiger partial charge in [-0.2, -0.15) is 4.98 Å². The SMILES string of the molecule is COc1cc(/C=C/c2nc(C3(N)CCCC3)no2)cc2c1OCCO2.Cl. The summed E-state index contributed by atoms with van der Waals surface area (Å²) >= 11 is 0. The monoisotopic (exact) mass is 379 g/mol. The number of aromatic nitrogens is 2. The second kappa shape index (κ2) is 7.55. The van der Waals surface area contributed by atoms with Gasteiger partial charge in [0, 0.05) is 6.08 Å². The number of benzene rings is 1. The zero-order valence-electron chi connectivity index (χ0n) is 14.6. The zero-order chi connectivity index (χ0) is 17.3. The Hall–Kier alpha value is -2.25. The van der Waals surface area contributed by atoms with Crippen LogP contribution in [0.2, 0.25) is 0 Å². The first-order chi connectivity index (χ1) is 12.2. The fourth-order valence-corrected chi connectivity index (χ4v) is 3.29. The summed E-state index contributed by atoms with van der Waals surface area (Å²) in [5.74, 6) is 2.96. The summed E-state index contributed by atoms with van der Waals surface area (Å²) in [5, 5.41) is 4.05. The van der Waals surface area contributed by atoms with Crippen LogP contribution in [0.1, 0.15) is 43.0 Å². The Labute approximate surface area is 157 Å². The summed E-state index contributed by atoms with van der Waals surface area (Å²) in [4.78, 5) is 4.43. The first-order valence-corrected chi connectivity index (χ1v) is 8.47. The van der Waals surface area contributed by atoms with Gasteiger partial charge in [0.25, 0.3) is 5.89 Å². The molecule has 140 valence electrons. The third-order valence-corrected chi connectivity index (χ3v) is 4.65. The van der Waals surface area contributed by atoms with Crippen LogP contribution in [-0.4, -0.2) is 30.5 Å². The van der Waals surface area contributed by atoms with Crippen LogP contribution in [0.5, 0.6) is 17.2 Å². The van der Waals surface area contributed by atoms with Gasteiger partial charge in [0.15, 0.2) is 17.3 Å². The minimum absolute atomic E-state index is 0. The van der Waals surface area contributed by atoms with E-state index in [0.717, 1.165) is 31.2 Å². The molecular weight excluding hydrogens is 358 g/mol. The topological polar surface area (TPSA) is 92.6 Å². The van der Waals surface area contributed by atoms with Crippen LogP contribution in [0, 0.1) is 0 Å². The molecular formula is C18H22ClN3O4. The lowest BCUT2D eigenvalue weighted by molar-refractivity contribution is 0.165. The molecule has 2 N–H and O–H groups in total. The minimum Gasteiger partial charge on any atom is -0.493 e. The highest BCUT2D eigenvalue weighted by Crippen LogP contribution is 2.40. The molecule has 2 heterocycles. The molecule has 0 unspecified atom stereocenters. The molecule has 1 saturated carbocycles. The highest BCUT2D eigenvalue weighted by Gasteiger charge is 2.35. The lowest BCUT2D eigenvalue weighted by Gasteiger charge is -2.20. The Morgan fingerprint density at radius 3 is 2.69 bits per heavy atom. The molecule has 8 heteroatoms. The van der Waals surface area contributed by atoms with Crippen molar-refractivity contribution in [3.05, 3.63) is 29.4 Å². The van der Waals surface area contributed by atoms with Crippen LogP contribution in [-0.2, 0) is 5.54 Å². The summed E-state index contributed by atoms with van der Waals surface area (Å²) < 4.78 is 21.9. The quantitative estimate of drug-likeness (QED) is 0.871. The Bertz CT molecular complexity index is 782. The zero-order valence-corrected chi connectivity index (χ0v) is 15.4. The number of ether oxygens (including phenoxy) is 3. The van der Waals surface area contributed by atoms with Gasteiger partial charge in [0.2, 0.25) is 5.75 Å². The van der Waals surface area contributed by atoms with E-state index in [-0.39, 0.29) is 12.4 Å². The van der Waals surface area contributed by atoms with Gasteiger partial charge in [0.1, 0.15) is 13.2 Å². The lowest BCUT2D eigenvalue weighted by Crippen LogP contribution is -2.34. The molecule has 0 amide bonds. The number of fused-ring (bicyclic) bond motifs is 1. The van der Waals surface area contributed by atoms with Crippen LogP contribution >= 0.6 is 12.4 Å². The summed E-state index contributed by atoms with van der Waals surface area (Å²) in [6, 6.07) is 3.77. The highest BCUT2D eigenvalue weighted by molar-refractivity contribution is 5.85. The smallest absolute Gasteiger partial charge is 0.250 e. The number of rotatable bonds is 4. The standard InChI is InChI=1S/C18H21N3O4.ClH/c1-22-13-10-12(11-14-16(13)24-9-8-23-14)4-5-15-20-17(21-25-15)18(19)6-2-3-7-18;/h4-5,10-11H,2-3,6-9,19H2,1H3;1H/b5-4+;. The van der Waals surface area contributed by atoms with Crippen molar-refractivity contribution in [1.29, 1.82) is 0 Å². The van der Waals surface area contributed by atoms with Gasteiger partial charge in [-0.3, -0.25) is 0 Å². The first kappa shape index (κ1) is 18.5. The molecule has 0 bridgehead atoms. The van der Waals surface area contributed by atoms with E-state index in [4.69, 9.17) is 24.5 Å². The second-order valence-electron chi connectivity index (χ2n) is 6.40. The second-order valence-corrected chi connectivity index (χ2v) is 6.40. The van der Waals surface area contributed by atoms with Gasteiger partial charge in [-0.1, -0.05) is 18.0 Å². The van der Waals surface area contributed by atoms with Crippen molar-refractivity contribution in [2.75, 3.05) is 20.3 Å². The number of nitrogens with two attached hydrogens (primary N) is 1. The van der Waals surface area contributed by atoms with Crippen molar-refractivity contribution >= 4 is 24.6 Å². The largest absolute Gasteiger partial charge is 0.493 e. The molecule has 7 nitrogen and oxygen atoms in total. The van der Waals surface area contributed by atoms with E-state index in [9.17, 15) is 0 Å². The molecule has 2 aliphatic rings. The first-order valence-electron chi connectivity index (χ1n) is 8.47. The number of methoxy groups -OCH3 is 1. The summed E-state index contributed by atoms with van der Waals surface area (Å²) in [6.45, 7) is 1.04. The average molecular weight is 380 g/mol. The van der Waals surface area contributed by atoms with Crippen LogP contribution in [0.4, 0.5) is 0 Å². The van der Waals surface area contributed by atoms with E-state index < -0.39 is 5.54 Å². The molecule has 4 rings (SSSR count). The minimum atomic E-state index is -0.449. The van der Waals surface area contributed by atoms with Crippen molar-refractivity contribution in [2.24, 2.45) is 5.73 Å². The fourth-order valence-electron chi connectivity index (χ4n) is 3.29. The Morgan fingerprint density at radius 1 is 1.15 bits per heavy atom. The predicted octanol–water partition coefficient (Wildman–Crippen LogP) is 3.17. The summed E-state index contributed by atoms with van der Waals surface area (Å²) in [7, 11) is 1.60. The molecule has 0 atom stereocenters. The molecule has 1 fully saturated rings. The number of halogens is 1. The summed E-state index contributed by atoms with van der Waals surface area (Å²) in [5.41, 5.74) is 6.80. The van der Waals surface area contributed by atoms with Crippen molar-refractivity contribution < 1.29 is 18.7 Å². The maximum atomic E-state index is 6.36. The van der Waals surface area contributed by atoms with Gasteiger partial charge in [-0.25, -0.2) is 0 Å². The van der Waals surface area contributed by atoms with E-state index in [1.54, 1.807) is 13.2 Å². The van der Waals surface area contributed by atoms with Crippen molar-refractivity contribution in [3.8, 4) is 17.2 Å². The van der Waals surface area contributed by atoms with E-state index in [1.165, 1.54) is 0 Å². The maximum Gasteiger partial charge on any atom is 0.250 e. The molecule has 0 radical (unpaired) electrons. The molecule has 1 aromatic carbocycles. The molecule has 2 aromatic rings. The van der Waals surface area contributed by atoms with Gasteiger partial charge in [0.05, 0.1) is 12.6 Å². The summed E-state index contributed by atoms with van der Waals surface area (Å²) in [6.07, 6.45) is 7.64. The predicted molar refractivity (Wildman–Crippen MR) is 98.8 cm³/mol. The lowest BCUT2D eigenvalue weighted by atomic mass is 9.99. The average Bonchev–Trinajstić information content (AvgIpc) is 3.29. The number of nitrogens with zero attached hydrogens (tertiary/aromatic N) is 2. The van der Waals surface area contributed by atoms with E-state index in [0.29, 0.717) is 42.2 Å². The number of hydrogen-bond acceptors (Lipinski definition) is 7. The molecule has 1 aromatic heterocycles. The molecule has 0 saturated heterocycles. The van der Waals surface area contributed by atoms with E-state index in [2.05, 4.69) is 10.1 Å². The van der Waals surface area contributed by atoms with E-state index in [1.807, 2.05) is 18.2 Å². The normalized spacial score (nSPS) is 17.9.